The fourth-order valence-electron chi connectivity index (χ4n) is 3.97. The molecule has 2 fully saturated rings. The average Bonchev–Trinajstić information content (AvgIpc) is 3.50. The number of anilines is 1. The number of imidazole rings is 1. The number of alkyl halides is 5. The van der Waals surface area contributed by atoms with E-state index in [0.29, 0.717) is 24.5 Å². The zero-order chi connectivity index (χ0) is 24.0. The summed E-state index contributed by atoms with van der Waals surface area (Å²) in [5.74, 6) is -2.92. The molecule has 1 saturated carbocycles. The van der Waals surface area contributed by atoms with Crippen molar-refractivity contribution in [2.75, 3.05) is 25.4 Å². The first-order chi connectivity index (χ1) is 15.4. The van der Waals surface area contributed by atoms with E-state index in [0.717, 1.165) is 18.9 Å². The number of aliphatic hydroxyl groups is 1. The molecule has 0 amide bonds. The number of hydrogen-bond donors (Lipinski definition) is 2. The van der Waals surface area contributed by atoms with Crippen LogP contribution in [-0.2, 0) is 6.18 Å². The zero-order valence-corrected chi connectivity index (χ0v) is 18.0. The van der Waals surface area contributed by atoms with Crippen molar-refractivity contribution in [3.05, 3.63) is 36.4 Å². The molecular weight excluding hydrogens is 445 g/mol. The van der Waals surface area contributed by atoms with E-state index in [1.165, 1.54) is 12.4 Å². The van der Waals surface area contributed by atoms with Crippen LogP contribution in [0.1, 0.15) is 49.6 Å². The Balaban J connectivity index is 1.57. The van der Waals surface area contributed by atoms with E-state index in [1.54, 1.807) is 4.57 Å². The molecule has 1 aliphatic heterocycles. The standard InChI is InChI=1S/C22H26F5N5O/c1-13(4-7-31-8-5-21(23,24)6-9-31)32-12-17(30-20(32)18(33)14-2-3-14)15-10-16(22(25,26)27)19(28)29-11-15/h10-12,14,18,33H,1-9H2,(H2,28,29)/t18-/m0/s1. The minimum absolute atomic E-state index is 0.0337. The van der Waals surface area contributed by atoms with Crippen LogP contribution in [0.2, 0.25) is 0 Å². The minimum Gasteiger partial charge on any atom is -0.385 e. The lowest BCUT2D eigenvalue weighted by atomic mass is 10.1. The van der Waals surface area contributed by atoms with Gasteiger partial charge < -0.3 is 20.3 Å². The number of nitrogen functional groups attached to an aromatic ring is 1. The normalized spacial score (nSPS) is 20.1. The molecule has 4 rings (SSSR count). The van der Waals surface area contributed by atoms with Crippen molar-refractivity contribution in [3.8, 4) is 11.3 Å². The van der Waals surface area contributed by atoms with Gasteiger partial charge in [0.25, 0.3) is 5.92 Å². The van der Waals surface area contributed by atoms with Gasteiger partial charge in [-0.3, -0.25) is 0 Å². The lowest BCUT2D eigenvalue weighted by molar-refractivity contribution is -0.137. The van der Waals surface area contributed by atoms with E-state index in [9.17, 15) is 27.1 Å². The van der Waals surface area contributed by atoms with E-state index in [4.69, 9.17) is 5.73 Å². The molecule has 180 valence electrons. The highest BCUT2D eigenvalue weighted by Gasteiger charge is 2.37. The van der Waals surface area contributed by atoms with E-state index < -0.39 is 29.6 Å². The van der Waals surface area contributed by atoms with Gasteiger partial charge in [-0.05, 0) is 24.8 Å². The molecule has 0 spiro atoms. The molecule has 0 aromatic carbocycles. The predicted octanol–water partition coefficient (Wildman–Crippen LogP) is 4.58. The Labute approximate surface area is 187 Å². The van der Waals surface area contributed by atoms with E-state index in [2.05, 4.69) is 16.5 Å². The molecule has 2 aromatic heterocycles. The summed E-state index contributed by atoms with van der Waals surface area (Å²) in [4.78, 5) is 10.0. The molecule has 0 bridgehead atoms. The molecule has 1 atom stereocenters. The van der Waals surface area contributed by atoms with Crippen LogP contribution >= 0.6 is 0 Å². The van der Waals surface area contributed by atoms with Gasteiger partial charge in [-0.1, -0.05) is 6.58 Å². The first-order valence-corrected chi connectivity index (χ1v) is 10.8. The first kappa shape index (κ1) is 23.6. The number of aliphatic hydroxyl groups excluding tert-OH is 1. The summed E-state index contributed by atoms with van der Waals surface area (Å²) in [5.41, 5.74) is 5.24. The SMILES string of the molecule is C=C(CCN1CCC(F)(F)CC1)n1cc(-c2cnc(N)c(C(F)(F)F)c2)nc1[C@@H](O)C1CC1. The monoisotopic (exact) mass is 471 g/mol. The molecule has 3 N–H and O–H groups in total. The molecule has 3 heterocycles. The topological polar surface area (TPSA) is 80.2 Å². The van der Waals surface area contributed by atoms with Crippen molar-refractivity contribution in [2.24, 2.45) is 5.92 Å². The van der Waals surface area contributed by atoms with Crippen LogP contribution in [0.25, 0.3) is 17.0 Å². The molecule has 1 saturated heterocycles. The Morgan fingerprint density at radius 1 is 1.27 bits per heavy atom. The number of nitrogens with two attached hydrogens (primary N) is 1. The summed E-state index contributed by atoms with van der Waals surface area (Å²) in [6, 6.07) is 0.888. The fourth-order valence-corrected chi connectivity index (χ4v) is 3.97. The second-order valence-corrected chi connectivity index (χ2v) is 8.80. The molecule has 0 unspecified atom stereocenters. The van der Waals surface area contributed by atoms with E-state index in [1.807, 2.05) is 4.90 Å². The van der Waals surface area contributed by atoms with Gasteiger partial charge in [0.2, 0.25) is 0 Å². The van der Waals surface area contributed by atoms with Gasteiger partial charge in [-0.2, -0.15) is 13.2 Å². The maximum absolute atomic E-state index is 13.4. The Kier molecular flexibility index (Phi) is 6.21. The third-order valence-corrected chi connectivity index (χ3v) is 6.23. The second kappa shape index (κ2) is 8.68. The summed E-state index contributed by atoms with van der Waals surface area (Å²) in [6.45, 7) is 5.13. The van der Waals surface area contributed by atoms with Gasteiger partial charge in [0.1, 0.15) is 17.7 Å². The van der Waals surface area contributed by atoms with Crippen LogP contribution in [0.5, 0.6) is 0 Å². The van der Waals surface area contributed by atoms with Crippen molar-refractivity contribution >= 4 is 11.5 Å². The summed E-state index contributed by atoms with van der Waals surface area (Å²) < 4.78 is 68.2. The number of hydrogen-bond acceptors (Lipinski definition) is 5. The third-order valence-electron chi connectivity index (χ3n) is 6.23. The maximum Gasteiger partial charge on any atom is 0.419 e. The lowest BCUT2D eigenvalue weighted by Crippen LogP contribution is -2.39. The van der Waals surface area contributed by atoms with Crippen molar-refractivity contribution < 1.29 is 27.1 Å². The highest BCUT2D eigenvalue weighted by atomic mass is 19.4. The quantitative estimate of drug-likeness (QED) is 0.578. The van der Waals surface area contributed by atoms with Gasteiger partial charge in [0.05, 0.1) is 11.3 Å². The zero-order valence-electron chi connectivity index (χ0n) is 18.0. The number of halogens is 5. The number of pyridine rings is 1. The molecule has 0 radical (unpaired) electrons. The Hall–Kier alpha value is -2.53. The van der Waals surface area contributed by atoms with Crippen molar-refractivity contribution in [1.29, 1.82) is 0 Å². The largest absolute Gasteiger partial charge is 0.419 e. The maximum atomic E-state index is 13.4. The van der Waals surface area contributed by atoms with Gasteiger partial charge in [0.15, 0.2) is 0 Å². The summed E-state index contributed by atoms with van der Waals surface area (Å²) in [7, 11) is 0. The average molecular weight is 471 g/mol. The summed E-state index contributed by atoms with van der Waals surface area (Å²) in [5, 5.41) is 10.7. The smallest absolute Gasteiger partial charge is 0.385 e. The molecule has 2 aliphatic rings. The molecule has 1 aliphatic carbocycles. The van der Waals surface area contributed by atoms with Crippen LogP contribution in [0, 0.1) is 5.92 Å². The van der Waals surface area contributed by atoms with Crippen LogP contribution < -0.4 is 5.73 Å². The minimum atomic E-state index is -4.67. The van der Waals surface area contributed by atoms with Crippen molar-refractivity contribution in [1.82, 2.24) is 19.4 Å². The number of piperidine rings is 1. The van der Waals surface area contributed by atoms with Crippen LogP contribution in [0.4, 0.5) is 27.8 Å². The molecular formula is C22H26F5N5O. The summed E-state index contributed by atoms with van der Waals surface area (Å²) >= 11 is 0. The lowest BCUT2D eigenvalue weighted by Gasteiger charge is -2.31. The Bertz CT molecular complexity index is 1020. The van der Waals surface area contributed by atoms with Crippen molar-refractivity contribution in [3.63, 3.8) is 0 Å². The molecule has 6 nitrogen and oxygen atoms in total. The van der Waals surface area contributed by atoms with Gasteiger partial charge >= 0.3 is 6.18 Å². The van der Waals surface area contributed by atoms with Crippen LogP contribution in [0.3, 0.4) is 0 Å². The van der Waals surface area contributed by atoms with E-state index in [-0.39, 0.29) is 43.1 Å². The van der Waals surface area contributed by atoms with Gasteiger partial charge in [-0.25, -0.2) is 18.7 Å². The second-order valence-electron chi connectivity index (χ2n) is 8.80. The predicted molar refractivity (Wildman–Crippen MR) is 113 cm³/mol. The molecule has 33 heavy (non-hydrogen) atoms. The highest BCUT2D eigenvalue weighted by Crippen LogP contribution is 2.42. The number of rotatable bonds is 7. The fraction of sp³-hybridized carbons (Fsp3) is 0.545. The van der Waals surface area contributed by atoms with E-state index >= 15 is 0 Å². The summed E-state index contributed by atoms with van der Waals surface area (Å²) in [6.07, 6.45) is -1.09. The molecule has 11 heteroatoms. The van der Waals surface area contributed by atoms with Crippen LogP contribution in [-0.4, -0.2) is 50.1 Å². The number of likely N-dealkylation sites (tertiary alicyclic amines) is 1. The Morgan fingerprint density at radius 2 is 1.94 bits per heavy atom. The third kappa shape index (κ3) is 5.35. The van der Waals surface area contributed by atoms with Crippen LogP contribution in [0.15, 0.2) is 25.0 Å². The van der Waals surface area contributed by atoms with Crippen molar-refractivity contribution in [2.45, 2.75) is 50.3 Å². The van der Waals surface area contributed by atoms with Gasteiger partial charge in [-0.15, -0.1) is 0 Å². The Morgan fingerprint density at radius 3 is 2.55 bits per heavy atom. The number of aromatic nitrogens is 3. The first-order valence-electron chi connectivity index (χ1n) is 10.8. The molecule has 2 aromatic rings. The van der Waals surface area contributed by atoms with Gasteiger partial charge in [0, 0.05) is 62.6 Å². The number of nitrogens with zero attached hydrogens (tertiary/aromatic N) is 4. The highest BCUT2D eigenvalue weighted by molar-refractivity contribution is 5.63.